The molecule has 1 unspecified atom stereocenters. The zero-order chi connectivity index (χ0) is 9.68. The summed E-state index contributed by atoms with van der Waals surface area (Å²) < 4.78 is 10.8. The monoisotopic (exact) mass is 198 g/mol. The number of hydrogen-bond acceptors (Lipinski definition) is 3. The second-order valence-corrected chi connectivity index (χ2v) is 4.42. The Balaban J connectivity index is 2.41. The van der Waals surface area contributed by atoms with Crippen molar-refractivity contribution >= 4 is 16.6 Å². The Morgan fingerprint density at radius 3 is 2.92 bits per heavy atom. The minimum Gasteiger partial charge on any atom is -0.369 e. The molecule has 72 valence electrons. The lowest BCUT2D eigenvalue weighted by molar-refractivity contribution is 0.687. The van der Waals surface area contributed by atoms with E-state index < -0.39 is 10.8 Å². The maximum absolute atomic E-state index is 10.8. The normalized spacial score (nSPS) is 12.5. The van der Waals surface area contributed by atoms with Gasteiger partial charge in [0.1, 0.15) is 5.82 Å². The Morgan fingerprint density at radius 2 is 2.31 bits per heavy atom. The summed E-state index contributed by atoms with van der Waals surface area (Å²) in [7, 11) is -0.735. The summed E-state index contributed by atoms with van der Waals surface area (Å²) in [6.45, 7) is 2.66. The molecule has 4 heteroatoms. The molecule has 1 heterocycles. The average Bonchev–Trinajstić information content (AvgIpc) is 2.03. The van der Waals surface area contributed by atoms with Crippen LogP contribution in [0.5, 0.6) is 0 Å². The van der Waals surface area contributed by atoms with E-state index in [9.17, 15) is 4.21 Å². The number of nitrogens with one attached hydrogen (secondary N) is 1. The molecule has 1 rings (SSSR count). The van der Waals surface area contributed by atoms with Crippen molar-refractivity contribution in [3.63, 3.8) is 0 Å². The summed E-state index contributed by atoms with van der Waals surface area (Å²) in [5.41, 5.74) is 0.989. The zero-order valence-corrected chi connectivity index (χ0v) is 8.73. The lowest BCUT2D eigenvalue weighted by atomic mass is 10.4. The fourth-order valence-corrected chi connectivity index (χ4v) is 1.35. The van der Waals surface area contributed by atoms with Crippen molar-refractivity contribution in [3.8, 4) is 0 Å². The summed E-state index contributed by atoms with van der Waals surface area (Å²) in [6.07, 6.45) is 1.70. The molecule has 0 saturated heterocycles. The molecule has 0 aromatic carbocycles. The summed E-state index contributed by atoms with van der Waals surface area (Å²) >= 11 is 0. The molecule has 1 atom stereocenters. The summed E-state index contributed by atoms with van der Waals surface area (Å²) in [4.78, 5) is 4.26. The Bertz CT molecular complexity index is 301. The maximum Gasteiger partial charge on any atom is 0.126 e. The standard InChI is InChI=1S/C9H14N2OS/c1-8-4-3-5-9(11-8)10-6-7-13(2)12/h3-5H,6-7H2,1-2H3,(H,10,11). The van der Waals surface area contributed by atoms with Crippen LogP contribution in [0.25, 0.3) is 0 Å². The van der Waals surface area contributed by atoms with E-state index in [0.29, 0.717) is 12.3 Å². The largest absolute Gasteiger partial charge is 0.369 e. The van der Waals surface area contributed by atoms with E-state index in [4.69, 9.17) is 0 Å². The van der Waals surface area contributed by atoms with Gasteiger partial charge in [0, 0.05) is 35.0 Å². The molecular weight excluding hydrogens is 184 g/mol. The topological polar surface area (TPSA) is 42.0 Å². The number of rotatable bonds is 4. The predicted octanol–water partition coefficient (Wildman–Crippen LogP) is 1.18. The number of pyridine rings is 1. The van der Waals surface area contributed by atoms with Crippen molar-refractivity contribution in [2.45, 2.75) is 6.92 Å². The van der Waals surface area contributed by atoms with Gasteiger partial charge in [-0.05, 0) is 19.1 Å². The lowest BCUT2D eigenvalue weighted by Gasteiger charge is -2.04. The third kappa shape index (κ3) is 4.03. The molecule has 1 N–H and O–H groups in total. The van der Waals surface area contributed by atoms with Gasteiger partial charge in [-0.1, -0.05) is 6.07 Å². The highest BCUT2D eigenvalue weighted by molar-refractivity contribution is 7.84. The second kappa shape index (κ2) is 4.97. The molecule has 0 saturated carbocycles. The van der Waals surface area contributed by atoms with Gasteiger partial charge in [0.25, 0.3) is 0 Å². The van der Waals surface area contributed by atoms with Gasteiger partial charge in [0.2, 0.25) is 0 Å². The molecule has 13 heavy (non-hydrogen) atoms. The highest BCUT2D eigenvalue weighted by Gasteiger charge is 1.94. The molecule has 0 aliphatic heterocycles. The molecule has 0 aliphatic rings. The van der Waals surface area contributed by atoms with E-state index in [1.165, 1.54) is 0 Å². The van der Waals surface area contributed by atoms with Crippen LogP contribution in [-0.4, -0.2) is 27.7 Å². The van der Waals surface area contributed by atoms with Gasteiger partial charge < -0.3 is 5.32 Å². The van der Waals surface area contributed by atoms with E-state index >= 15 is 0 Å². The van der Waals surface area contributed by atoms with E-state index in [2.05, 4.69) is 10.3 Å². The summed E-state index contributed by atoms with van der Waals surface area (Å²) in [6, 6.07) is 5.81. The number of nitrogens with zero attached hydrogens (tertiary/aromatic N) is 1. The number of aryl methyl sites for hydroxylation is 1. The van der Waals surface area contributed by atoms with Crippen LogP contribution in [0.4, 0.5) is 5.82 Å². The van der Waals surface area contributed by atoms with E-state index in [0.717, 1.165) is 11.5 Å². The first-order chi connectivity index (χ1) is 6.18. The van der Waals surface area contributed by atoms with Gasteiger partial charge >= 0.3 is 0 Å². The lowest BCUT2D eigenvalue weighted by Crippen LogP contribution is -2.10. The fourth-order valence-electron chi connectivity index (χ4n) is 0.964. The molecule has 0 spiro atoms. The molecule has 3 nitrogen and oxygen atoms in total. The predicted molar refractivity (Wildman–Crippen MR) is 56.4 cm³/mol. The first-order valence-corrected chi connectivity index (χ1v) is 5.89. The van der Waals surface area contributed by atoms with Gasteiger partial charge in [0.15, 0.2) is 0 Å². The minimum absolute atomic E-state index is 0.662. The number of aromatic nitrogens is 1. The summed E-state index contributed by atoms with van der Waals surface area (Å²) in [5.74, 6) is 1.51. The quantitative estimate of drug-likeness (QED) is 0.790. The Labute approximate surface area is 81.0 Å². The highest BCUT2D eigenvalue weighted by atomic mass is 32.2. The Morgan fingerprint density at radius 1 is 1.54 bits per heavy atom. The third-order valence-electron chi connectivity index (χ3n) is 1.58. The molecular formula is C9H14N2OS. The van der Waals surface area contributed by atoms with Gasteiger partial charge in [-0.25, -0.2) is 4.98 Å². The molecule has 1 aromatic heterocycles. The SMILES string of the molecule is Cc1cccc(NCCS(C)=O)n1. The molecule has 1 aromatic rings. The van der Waals surface area contributed by atoms with Crippen molar-refractivity contribution in [3.05, 3.63) is 23.9 Å². The molecule has 0 fully saturated rings. The van der Waals surface area contributed by atoms with Crippen molar-refractivity contribution in [2.75, 3.05) is 23.9 Å². The van der Waals surface area contributed by atoms with Crippen molar-refractivity contribution in [1.82, 2.24) is 4.98 Å². The maximum atomic E-state index is 10.8. The van der Waals surface area contributed by atoms with Crippen LogP contribution in [0, 0.1) is 6.92 Å². The van der Waals surface area contributed by atoms with Crippen LogP contribution in [-0.2, 0) is 10.8 Å². The van der Waals surface area contributed by atoms with E-state index in [1.807, 2.05) is 25.1 Å². The molecule has 0 bridgehead atoms. The number of anilines is 1. The fraction of sp³-hybridized carbons (Fsp3) is 0.444. The van der Waals surface area contributed by atoms with Crippen molar-refractivity contribution in [1.29, 1.82) is 0 Å². The van der Waals surface area contributed by atoms with Gasteiger partial charge in [0.05, 0.1) is 0 Å². The van der Waals surface area contributed by atoms with Crippen LogP contribution in [0.3, 0.4) is 0 Å². The zero-order valence-electron chi connectivity index (χ0n) is 7.91. The summed E-state index contributed by atoms with van der Waals surface area (Å²) in [5, 5.41) is 3.11. The Hall–Kier alpha value is -0.900. The van der Waals surface area contributed by atoms with Crippen LogP contribution >= 0.6 is 0 Å². The number of hydrogen-bond donors (Lipinski definition) is 1. The first kappa shape index (κ1) is 10.2. The van der Waals surface area contributed by atoms with Gasteiger partial charge in [-0.15, -0.1) is 0 Å². The van der Waals surface area contributed by atoms with E-state index in [1.54, 1.807) is 6.26 Å². The first-order valence-electron chi connectivity index (χ1n) is 4.16. The highest BCUT2D eigenvalue weighted by Crippen LogP contribution is 2.02. The average molecular weight is 198 g/mol. The Kier molecular flexibility index (Phi) is 3.89. The second-order valence-electron chi connectivity index (χ2n) is 2.87. The molecule has 0 aliphatic carbocycles. The van der Waals surface area contributed by atoms with Crippen LogP contribution in [0.15, 0.2) is 18.2 Å². The van der Waals surface area contributed by atoms with Crippen LogP contribution in [0.2, 0.25) is 0 Å². The van der Waals surface area contributed by atoms with E-state index in [-0.39, 0.29) is 0 Å². The minimum atomic E-state index is -0.735. The smallest absolute Gasteiger partial charge is 0.126 e. The van der Waals surface area contributed by atoms with Gasteiger partial charge in [-0.2, -0.15) is 0 Å². The van der Waals surface area contributed by atoms with Crippen molar-refractivity contribution < 1.29 is 4.21 Å². The molecule has 0 radical (unpaired) electrons. The third-order valence-corrected chi connectivity index (χ3v) is 2.36. The molecule has 0 amide bonds. The van der Waals surface area contributed by atoms with Crippen LogP contribution < -0.4 is 5.32 Å². The van der Waals surface area contributed by atoms with Crippen molar-refractivity contribution in [2.24, 2.45) is 0 Å². The van der Waals surface area contributed by atoms with Crippen LogP contribution in [0.1, 0.15) is 5.69 Å². The van der Waals surface area contributed by atoms with Gasteiger partial charge in [-0.3, -0.25) is 4.21 Å².